The van der Waals surface area contributed by atoms with E-state index in [0.717, 1.165) is 31.6 Å². The van der Waals surface area contributed by atoms with Gasteiger partial charge >= 0.3 is 0 Å². The number of hydrogen-bond acceptors (Lipinski definition) is 4. The maximum Gasteiger partial charge on any atom is 0.256 e. The van der Waals surface area contributed by atoms with Crippen LogP contribution >= 0.6 is 0 Å². The molecule has 1 aliphatic rings. The Labute approximate surface area is 127 Å². The van der Waals surface area contributed by atoms with Crippen molar-refractivity contribution < 1.29 is 4.79 Å². The number of nitrogens with zero attached hydrogens (tertiary/aromatic N) is 3. The van der Waals surface area contributed by atoms with Crippen LogP contribution in [0.2, 0.25) is 0 Å². The first-order valence-electron chi connectivity index (χ1n) is 7.42. The van der Waals surface area contributed by atoms with Gasteiger partial charge < -0.3 is 20.4 Å². The first kappa shape index (κ1) is 15.6. The molecule has 0 radical (unpaired) electrons. The summed E-state index contributed by atoms with van der Waals surface area (Å²) < 4.78 is 0. The molecular weight excluding hydrogens is 264 g/mol. The predicted molar refractivity (Wildman–Crippen MR) is 87.8 cm³/mol. The zero-order chi connectivity index (χ0) is 15.6. The third kappa shape index (κ3) is 3.47. The highest BCUT2D eigenvalue weighted by Gasteiger charge is 2.31. The molecule has 1 aromatic rings. The summed E-state index contributed by atoms with van der Waals surface area (Å²) in [4.78, 5) is 19.0. The highest BCUT2D eigenvalue weighted by Crippen LogP contribution is 2.27. The van der Waals surface area contributed by atoms with Crippen LogP contribution in [0, 0.1) is 0 Å². The van der Waals surface area contributed by atoms with Gasteiger partial charge in [0, 0.05) is 44.6 Å². The van der Waals surface area contributed by atoms with Crippen molar-refractivity contribution in [1.29, 1.82) is 0 Å². The zero-order valence-electron chi connectivity index (χ0n) is 13.5. The minimum absolute atomic E-state index is 0.0929. The second-order valence-corrected chi connectivity index (χ2v) is 6.23. The van der Waals surface area contributed by atoms with E-state index < -0.39 is 0 Å². The van der Waals surface area contributed by atoms with Crippen LogP contribution in [0.3, 0.4) is 0 Å². The zero-order valence-corrected chi connectivity index (χ0v) is 13.5. The Balaban J connectivity index is 2.29. The fourth-order valence-corrected chi connectivity index (χ4v) is 2.98. The van der Waals surface area contributed by atoms with Crippen molar-refractivity contribution in [2.45, 2.75) is 18.9 Å². The van der Waals surface area contributed by atoms with E-state index in [1.807, 2.05) is 50.1 Å². The number of likely N-dealkylation sites (tertiary alicyclic amines) is 1. The third-order valence-corrected chi connectivity index (χ3v) is 3.95. The maximum atomic E-state index is 12.9. The number of anilines is 2. The second kappa shape index (κ2) is 6.35. The quantitative estimate of drug-likeness (QED) is 0.854. The number of carbonyl (C=O) groups excluding carboxylic acids is 1. The van der Waals surface area contributed by atoms with Crippen LogP contribution in [0.1, 0.15) is 23.2 Å². The lowest BCUT2D eigenvalue weighted by Gasteiger charge is -2.29. The van der Waals surface area contributed by atoms with E-state index in [1.165, 1.54) is 0 Å². The molecule has 0 spiro atoms. The minimum Gasteiger partial charge on any atom is -0.399 e. The molecule has 1 fully saturated rings. The van der Waals surface area contributed by atoms with E-state index in [1.54, 1.807) is 6.07 Å². The molecule has 1 atom stereocenters. The van der Waals surface area contributed by atoms with Crippen LogP contribution in [-0.4, -0.2) is 63.0 Å². The Bertz CT molecular complexity index is 513. The normalized spacial score (nSPS) is 18.3. The predicted octanol–water partition coefficient (Wildman–Crippen LogP) is 1.50. The summed E-state index contributed by atoms with van der Waals surface area (Å²) in [5, 5.41) is 0. The molecular formula is C16H26N4O. The lowest BCUT2D eigenvalue weighted by atomic mass is 10.1. The summed E-state index contributed by atoms with van der Waals surface area (Å²) in [6.45, 7) is 1.74. The van der Waals surface area contributed by atoms with Gasteiger partial charge in [0.05, 0.1) is 5.56 Å². The van der Waals surface area contributed by atoms with E-state index in [0.29, 0.717) is 17.3 Å². The Morgan fingerprint density at radius 3 is 2.67 bits per heavy atom. The molecule has 21 heavy (non-hydrogen) atoms. The number of rotatable bonds is 4. The van der Waals surface area contributed by atoms with Crippen molar-refractivity contribution in [3.63, 3.8) is 0 Å². The number of amides is 1. The SMILES string of the molecule is CN(C)CC1CCCN1C(=O)c1cc(N)ccc1N(C)C. The second-order valence-electron chi connectivity index (χ2n) is 6.23. The summed E-state index contributed by atoms with van der Waals surface area (Å²) in [5.41, 5.74) is 8.13. The third-order valence-electron chi connectivity index (χ3n) is 3.95. The fourth-order valence-electron chi connectivity index (χ4n) is 2.98. The first-order chi connectivity index (χ1) is 9.90. The molecule has 1 aliphatic heterocycles. The van der Waals surface area contributed by atoms with Gasteiger partial charge in [-0.25, -0.2) is 0 Å². The molecule has 0 bridgehead atoms. The van der Waals surface area contributed by atoms with Gasteiger partial charge in [0.2, 0.25) is 0 Å². The van der Waals surface area contributed by atoms with Crippen LogP contribution in [0.5, 0.6) is 0 Å². The van der Waals surface area contributed by atoms with Crippen molar-refractivity contribution in [3.05, 3.63) is 23.8 Å². The van der Waals surface area contributed by atoms with E-state index in [9.17, 15) is 4.79 Å². The lowest BCUT2D eigenvalue weighted by Crippen LogP contribution is -2.41. The van der Waals surface area contributed by atoms with E-state index >= 15 is 0 Å². The highest BCUT2D eigenvalue weighted by molar-refractivity contribution is 6.01. The van der Waals surface area contributed by atoms with Gasteiger partial charge in [-0.05, 0) is 45.1 Å². The summed E-state index contributed by atoms with van der Waals surface area (Å²) in [7, 11) is 7.99. The Hall–Kier alpha value is -1.75. The lowest BCUT2D eigenvalue weighted by molar-refractivity contribution is 0.0717. The van der Waals surface area contributed by atoms with Crippen molar-refractivity contribution in [2.24, 2.45) is 0 Å². The summed E-state index contributed by atoms with van der Waals surface area (Å²) in [5.74, 6) is 0.0929. The molecule has 2 N–H and O–H groups in total. The van der Waals surface area contributed by atoms with Crippen LogP contribution in [0.25, 0.3) is 0 Å². The van der Waals surface area contributed by atoms with Crippen molar-refractivity contribution in [2.75, 3.05) is 51.9 Å². The van der Waals surface area contributed by atoms with Gasteiger partial charge in [-0.15, -0.1) is 0 Å². The summed E-state index contributed by atoms with van der Waals surface area (Å²) in [6, 6.07) is 5.85. The van der Waals surface area contributed by atoms with Gasteiger partial charge in [0.15, 0.2) is 0 Å². The van der Waals surface area contributed by atoms with Crippen molar-refractivity contribution >= 4 is 17.3 Å². The monoisotopic (exact) mass is 290 g/mol. The van der Waals surface area contributed by atoms with Gasteiger partial charge in [-0.3, -0.25) is 4.79 Å². The minimum atomic E-state index is 0.0929. The first-order valence-corrected chi connectivity index (χ1v) is 7.42. The number of hydrogen-bond donors (Lipinski definition) is 1. The Morgan fingerprint density at radius 1 is 1.33 bits per heavy atom. The Morgan fingerprint density at radius 2 is 2.05 bits per heavy atom. The van der Waals surface area contributed by atoms with Crippen LogP contribution in [0.4, 0.5) is 11.4 Å². The molecule has 0 aromatic heterocycles. The number of nitrogen functional groups attached to an aromatic ring is 1. The highest BCUT2D eigenvalue weighted by atomic mass is 16.2. The Kier molecular flexibility index (Phi) is 4.73. The molecule has 0 aliphatic carbocycles. The van der Waals surface area contributed by atoms with Gasteiger partial charge in [-0.1, -0.05) is 0 Å². The largest absolute Gasteiger partial charge is 0.399 e. The van der Waals surface area contributed by atoms with Crippen molar-refractivity contribution in [1.82, 2.24) is 9.80 Å². The van der Waals surface area contributed by atoms with Crippen LogP contribution in [-0.2, 0) is 0 Å². The van der Waals surface area contributed by atoms with Gasteiger partial charge in [0.25, 0.3) is 5.91 Å². The van der Waals surface area contributed by atoms with Crippen molar-refractivity contribution in [3.8, 4) is 0 Å². The topological polar surface area (TPSA) is 52.8 Å². The molecule has 1 heterocycles. The molecule has 1 saturated heterocycles. The smallest absolute Gasteiger partial charge is 0.256 e. The maximum absolute atomic E-state index is 12.9. The molecule has 5 heteroatoms. The summed E-state index contributed by atoms with van der Waals surface area (Å²) in [6.07, 6.45) is 2.15. The number of benzene rings is 1. The average Bonchev–Trinajstić information content (AvgIpc) is 2.84. The van der Waals surface area contributed by atoms with Gasteiger partial charge in [0.1, 0.15) is 0 Å². The van der Waals surface area contributed by atoms with E-state index in [-0.39, 0.29) is 5.91 Å². The molecule has 1 amide bonds. The molecule has 2 rings (SSSR count). The fraction of sp³-hybridized carbons (Fsp3) is 0.562. The van der Waals surface area contributed by atoms with E-state index in [4.69, 9.17) is 5.73 Å². The number of likely N-dealkylation sites (N-methyl/N-ethyl adjacent to an activating group) is 1. The van der Waals surface area contributed by atoms with Crippen LogP contribution < -0.4 is 10.6 Å². The summed E-state index contributed by atoms with van der Waals surface area (Å²) >= 11 is 0. The molecule has 116 valence electrons. The molecule has 1 aromatic carbocycles. The standard InChI is InChI=1S/C16H26N4O/c1-18(2)11-13-6-5-9-20(13)16(21)14-10-12(17)7-8-15(14)19(3)4/h7-8,10,13H,5-6,9,11,17H2,1-4H3. The number of carbonyl (C=O) groups is 1. The molecule has 5 nitrogen and oxygen atoms in total. The van der Waals surface area contributed by atoms with Crippen LogP contribution in [0.15, 0.2) is 18.2 Å². The average molecular weight is 290 g/mol. The molecule has 1 unspecified atom stereocenters. The number of nitrogens with two attached hydrogens (primary N) is 1. The molecule has 0 saturated carbocycles. The van der Waals surface area contributed by atoms with Gasteiger partial charge in [-0.2, -0.15) is 0 Å². The van der Waals surface area contributed by atoms with E-state index in [2.05, 4.69) is 4.90 Å².